The van der Waals surface area contributed by atoms with E-state index in [-0.39, 0.29) is 12.2 Å². The third-order valence-electron chi connectivity index (χ3n) is 4.65. The monoisotopic (exact) mass is 394 g/mol. The molecule has 1 aromatic carbocycles. The number of benzene rings is 1. The molecule has 3 aromatic rings. The molecule has 0 saturated heterocycles. The molecule has 0 atom stereocenters. The first-order valence-electron chi connectivity index (χ1n) is 9.87. The van der Waals surface area contributed by atoms with E-state index in [1.54, 1.807) is 6.33 Å². The lowest BCUT2D eigenvalue weighted by Crippen LogP contribution is -2.22. The van der Waals surface area contributed by atoms with Crippen LogP contribution in [-0.4, -0.2) is 25.7 Å². The maximum absolute atomic E-state index is 6.12. The second kappa shape index (κ2) is 7.46. The lowest BCUT2D eigenvalue weighted by molar-refractivity contribution is 0.130. The van der Waals surface area contributed by atoms with Gasteiger partial charge in [-0.25, -0.2) is 9.97 Å². The number of hydrogen-bond donors (Lipinski definition) is 0. The molecule has 0 amide bonds. The molecule has 1 aliphatic rings. The first-order chi connectivity index (χ1) is 13.8. The Hall–Kier alpha value is -2.96. The van der Waals surface area contributed by atoms with Gasteiger partial charge >= 0.3 is 0 Å². The van der Waals surface area contributed by atoms with Crippen molar-refractivity contribution in [3.05, 3.63) is 47.6 Å². The van der Waals surface area contributed by atoms with E-state index in [0.29, 0.717) is 17.6 Å². The zero-order valence-electron chi connectivity index (χ0n) is 17.5. The normalized spacial score (nSPS) is 14.1. The molecular formula is C22H26N4O3. The highest BCUT2D eigenvalue weighted by atomic mass is 16.5. The molecule has 0 bridgehead atoms. The van der Waals surface area contributed by atoms with E-state index in [2.05, 4.69) is 20.1 Å². The molecule has 0 spiro atoms. The highest BCUT2D eigenvalue weighted by Crippen LogP contribution is 2.39. The van der Waals surface area contributed by atoms with Crippen molar-refractivity contribution in [2.45, 2.75) is 65.6 Å². The lowest BCUT2D eigenvalue weighted by Gasteiger charge is -2.22. The molecule has 2 heterocycles. The third kappa shape index (κ3) is 4.55. The van der Waals surface area contributed by atoms with Gasteiger partial charge in [-0.05, 0) is 59.6 Å². The zero-order valence-corrected chi connectivity index (χ0v) is 17.5. The smallest absolute Gasteiger partial charge is 0.264 e. The SMILES string of the molecule is Cc1ncnc(C)c1-c1ccc(OC(C)(C)C)cc1OCc1nc(C2CC2)no1. The molecule has 29 heavy (non-hydrogen) atoms. The van der Waals surface area contributed by atoms with Crippen LogP contribution in [0.1, 0.15) is 62.6 Å². The summed E-state index contributed by atoms with van der Waals surface area (Å²) < 4.78 is 17.5. The van der Waals surface area contributed by atoms with Gasteiger partial charge < -0.3 is 14.0 Å². The summed E-state index contributed by atoms with van der Waals surface area (Å²) in [6.45, 7) is 10.2. The summed E-state index contributed by atoms with van der Waals surface area (Å²) in [5, 5.41) is 4.05. The van der Waals surface area contributed by atoms with Gasteiger partial charge in [0, 0.05) is 34.5 Å². The minimum absolute atomic E-state index is 0.192. The summed E-state index contributed by atoms with van der Waals surface area (Å²) in [6, 6.07) is 5.82. The van der Waals surface area contributed by atoms with Gasteiger partial charge in [0.15, 0.2) is 12.4 Å². The highest BCUT2D eigenvalue weighted by Gasteiger charge is 2.29. The fraction of sp³-hybridized carbons (Fsp3) is 0.455. The zero-order chi connectivity index (χ0) is 20.6. The molecule has 1 aliphatic carbocycles. The number of rotatable bonds is 6. The molecule has 1 fully saturated rings. The van der Waals surface area contributed by atoms with E-state index in [1.807, 2.05) is 52.8 Å². The molecule has 0 unspecified atom stereocenters. The van der Waals surface area contributed by atoms with E-state index in [0.717, 1.165) is 46.9 Å². The van der Waals surface area contributed by atoms with Gasteiger partial charge in [-0.1, -0.05) is 5.16 Å². The Bertz CT molecular complexity index is 999. The Kier molecular flexibility index (Phi) is 4.98. The maximum atomic E-state index is 6.12. The average Bonchev–Trinajstić information content (AvgIpc) is 3.38. The van der Waals surface area contributed by atoms with Gasteiger partial charge in [0.1, 0.15) is 23.4 Å². The van der Waals surface area contributed by atoms with Gasteiger partial charge in [0.25, 0.3) is 5.89 Å². The molecule has 152 valence electrons. The first-order valence-corrected chi connectivity index (χ1v) is 9.87. The number of aromatic nitrogens is 4. The Labute approximate surface area is 170 Å². The van der Waals surface area contributed by atoms with Crippen LogP contribution in [-0.2, 0) is 6.61 Å². The Morgan fingerprint density at radius 2 is 1.83 bits per heavy atom. The van der Waals surface area contributed by atoms with Crippen molar-refractivity contribution in [1.29, 1.82) is 0 Å². The van der Waals surface area contributed by atoms with Crippen LogP contribution in [0.2, 0.25) is 0 Å². The van der Waals surface area contributed by atoms with Crippen molar-refractivity contribution in [2.24, 2.45) is 0 Å². The second-order valence-corrected chi connectivity index (χ2v) is 8.40. The van der Waals surface area contributed by atoms with Crippen molar-refractivity contribution < 1.29 is 14.0 Å². The van der Waals surface area contributed by atoms with Crippen LogP contribution in [0, 0.1) is 13.8 Å². The third-order valence-corrected chi connectivity index (χ3v) is 4.65. The molecule has 0 radical (unpaired) electrons. The Balaban J connectivity index is 1.66. The molecule has 1 saturated carbocycles. The van der Waals surface area contributed by atoms with E-state index < -0.39 is 0 Å². The molecule has 0 N–H and O–H groups in total. The van der Waals surface area contributed by atoms with Crippen LogP contribution in [0.4, 0.5) is 0 Å². The van der Waals surface area contributed by atoms with Crippen molar-refractivity contribution in [1.82, 2.24) is 20.1 Å². The summed E-state index contributed by atoms with van der Waals surface area (Å²) in [6.07, 6.45) is 3.83. The van der Waals surface area contributed by atoms with Crippen molar-refractivity contribution >= 4 is 0 Å². The number of nitrogens with zero attached hydrogens (tertiary/aromatic N) is 4. The minimum Gasteiger partial charge on any atom is -0.488 e. The van der Waals surface area contributed by atoms with Crippen LogP contribution >= 0.6 is 0 Å². The summed E-state index contributed by atoms with van der Waals surface area (Å²) >= 11 is 0. The van der Waals surface area contributed by atoms with Crippen LogP contribution < -0.4 is 9.47 Å². The van der Waals surface area contributed by atoms with Gasteiger partial charge in [-0.2, -0.15) is 4.98 Å². The molecule has 7 nitrogen and oxygen atoms in total. The summed E-state index contributed by atoms with van der Waals surface area (Å²) in [5.41, 5.74) is 3.32. The van der Waals surface area contributed by atoms with Gasteiger partial charge in [0.05, 0.1) is 0 Å². The quantitative estimate of drug-likeness (QED) is 0.595. The van der Waals surface area contributed by atoms with Crippen LogP contribution in [0.5, 0.6) is 11.5 Å². The first kappa shape index (κ1) is 19.4. The topological polar surface area (TPSA) is 83.2 Å². The molecule has 4 rings (SSSR count). The van der Waals surface area contributed by atoms with E-state index in [4.69, 9.17) is 14.0 Å². The van der Waals surface area contributed by atoms with Gasteiger partial charge in [-0.3, -0.25) is 0 Å². The predicted molar refractivity (Wildman–Crippen MR) is 108 cm³/mol. The maximum Gasteiger partial charge on any atom is 0.264 e. The fourth-order valence-corrected chi connectivity index (χ4v) is 3.20. The molecule has 0 aliphatic heterocycles. The van der Waals surface area contributed by atoms with Crippen molar-refractivity contribution in [2.75, 3.05) is 0 Å². The largest absolute Gasteiger partial charge is 0.488 e. The predicted octanol–water partition coefficient (Wildman–Crippen LogP) is 4.78. The summed E-state index contributed by atoms with van der Waals surface area (Å²) in [4.78, 5) is 13.1. The minimum atomic E-state index is -0.313. The van der Waals surface area contributed by atoms with Gasteiger partial charge in [0.2, 0.25) is 0 Å². The Morgan fingerprint density at radius 1 is 1.10 bits per heavy atom. The van der Waals surface area contributed by atoms with Crippen LogP contribution in [0.3, 0.4) is 0 Å². The van der Waals surface area contributed by atoms with Crippen LogP contribution in [0.15, 0.2) is 29.0 Å². The van der Waals surface area contributed by atoms with E-state index >= 15 is 0 Å². The van der Waals surface area contributed by atoms with E-state index in [1.165, 1.54) is 0 Å². The van der Waals surface area contributed by atoms with Crippen molar-refractivity contribution in [3.8, 4) is 22.6 Å². The fourth-order valence-electron chi connectivity index (χ4n) is 3.20. The molecular weight excluding hydrogens is 368 g/mol. The Morgan fingerprint density at radius 3 is 2.48 bits per heavy atom. The number of ether oxygens (including phenoxy) is 2. The molecule has 2 aromatic heterocycles. The summed E-state index contributed by atoms with van der Waals surface area (Å²) in [7, 11) is 0. The number of hydrogen-bond acceptors (Lipinski definition) is 7. The lowest BCUT2D eigenvalue weighted by atomic mass is 10.0. The standard InChI is InChI=1S/C22H26N4O3/c1-13-20(14(2)24-12-23-13)17-9-8-16(28-22(3,4)5)10-18(17)27-11-19-25-21(26-29-19)15-6-7-15/h8-10,12,15H,6-7,11H2,1-5H3. The molecule has 7 heteroatoms. The van der Waals surface area contributed by atoms with Crippen LogP contribution in [0.25, 0.3) is 11.1 Å². The van der Waals surface area contributed by atoms with Gasteiger partial charge in [-0.15, -0.1) is 0 Å². The second-order valence-electron chi connectivity index (χ2n) is 8.40. The number of aryl methyl sites for hydroxylation is 2. The van der Waals surface area contributed by atoms with E-state index in [9.17, 15) is 0 Å². The van der Waals surface area contributed by atoms with Crippen molar-refractivity contribution in [3.63, 3.8) is 0 Å². The highest BCUT2D eigenvalue weighted by molar-refractivity contribution is 5.74. The summed E-state index contributed by atoms with van der Waals surface area (Å²) in [5.74, 6) is 3.08. The average molecular weight is 394 g/mol.